The number of likely N-dealkylation sites (tertiary alicyclic amines) is 1. The second kappa shape index (κ2) is 5.85. The van der Waals surface area contributed by atoms with E-state index in [1.165, 1.54) is 42.6 Å². The lowest BCUT2D eigenvalue weighted by molar-refractivity contribution is 0.143. The van der Waals surface area contributed by atoms with Gasteiger partial charge in [-0.25, -0.2) is 0 Å². The van der Waals surface area contributed by atoms with Gasteiger partial charge in [0.25, 0.3) is 0 Å². The molecule has 1 aromatic rings. The van der Waals surface area contributed by atoms with Crippen LogP contribution >= 0.6 is 0 Å². The molecule has 1 fully saturated rings. The standard InChI is InChI=1S/C16H26N2/c1-12-4-5-16(13(2)10-12)14(3)18-8-6-15(11-17)7-9-18/h4-5,10,14-15H,6-9,11,17H2,1-3H3. The number of aryl methyl sites for hydroxylation is 2. The summed E-state index contributed by atoms with van der Waals surface area (Å²) in [4.78, 5) is 2.60. The summed E-state index contributed by atoms with van der Waals surface area (Å²) < 4.78 is 0. The smallest absolute Gasteiger partial charge is 0.0322 e. The second-order valence-electron chi connectivity index (χ2n) is 5.75. The van der Waals surface area contributed by atoms with E-state index in [9.17, 15) is 0 Å². The average Bonchev–Trinajstić information content (AvgIpc) is 2.38. The molecule has 1 unspecified atom stereocenters. The maximum absolute atomic E-state index is 5.76. The Morgan fingerprint density at radius 1 is 1.28 bits per heavy atom. The first-order valence-corrected chi connectivity index (χ1v) is 7.13. The maximum Gasteiger partial charge on any atom is 0.0322 e. The Balaban J connectivity index is 2.05. The molecule has 0 spiro atoms. The Labute approximate surface area is 111 Å². The molecular weight excluding hydrogens is 220 g/mol. The van der Waals surface area contributed by atoms with Gasteiger partial charge in [0.05, 0.1) is 0 Å². The van der Waals surface area contributed by atoms with Crippen LogP contribution in [-0.2, 0) is 0 Å². The van der Waals surface area contributed by atoms with E-state index in [2.05, 4.69) is 43.9 Å². The lowest BCUT2D eigenvalue weighted by Crippen LogP contribution is -2.37. The number of piperidine rings is 1. The first kappa shape index (κ1) is 13.6. The monoisotopic (exact) mass is 246 g/mol. The van der Waals surface area contributed by atoms with E-state index in [1.54, 1.807) is 0 Å². The lowest BCUT2D eigenvalue weighted by atomic mass is 9.93. The molecule has 0 bridgehead atoms. The zero-order valence-corrected chi connectivity index (χ0v) is 11.9. The minimum atomic E-state index is 0.532. The highest BCUT2D eigenvalue weighted by atomic mass is 15.2. The zero-order valence-electron chi connectivity index (χ0n) is 11.9. The van der Waals surface area contributed by atoms with Crippen LogP contribution < -0.4 is 5.73 Å². The molecule has 1 aromatic carbocycles. The van der Waals surface area contributed by atoms with Crippen molar-refractivity contribution in [3.63, 3.8) is 0 Å². The van der Waals surface area contributed by atoms with Crippen LogP contribution in [-0.4, -0.2) is 24.5 Å². The number of hydrogen-bond acceptors (Lipinski definition) is 2. The predicted octanol–water partition coefficient (Wildman–Crippen LogP) is 3.04. The molecule has 2 rings (SSSR count). The minimum absolute atomic E-state index is 0.532. The quantitative estimate of drug-likeness (QED) is 0.888. The predicted molar refractivity (Wildman–Crippen MR) is 77.7 cm³/mol. The molecule has 2 N–H and O–H groups in total. The van der Waals surface area contributed by atoms with E-state index < -0.39 is 0 Å². The zero-order chi connectivity index (χ0) is 13.1. The van der Waals surface area contributed by atoms with Crippen molar-refractivity contribution in [2.24, 2.45) is 11.7 Å². The van der Waals surface area contributed by atoms with Crippen molar-refractivity contribution in [1.82, 2.24) is 4.90 Å². The van der Waals surface area contributed by atoms with Gasteiger partial charge in [-0.2, -0.15) is 0 Å². The van der Waals surface area contributed by atoms with Crippen molar-refractivity contribution in [2.45, 2.75) is 39.7 Å². The Bertz CT molecular complexity index is 392. The molecule has 100 valence electrons. The third kappa shape index (κ3) is 2.93. The Kier molecular flexibility index (Phi) is 4.41. The van der Waals surface area contributed by atoms with Gasteiger partial charge in [-0.05, 0) is 70.3 Å². The summed E-state index contributed by atoms with van der Waals surface area (Å²) in [6.45, 7) is 9.96. The molecule has 2 nitrogen and oxygen atoms in total. The number of hydrogen-bond donors (Lipinski definition) is 1. The van der Waals surface area contributed by atoms with Gasteiger partial charge in [-0.3, -0.25) is 4.90 Å². The van der Waals surface area contributed by atoms with Gasteiger partial charge in [-0.15, -0.1) is 0 Å². The summed E-state index contributed by atoms with van der Waals surface area (Å²) in [5, 5.41) is 0. The Hall–Kier alpha value is -0.860. The Morgan fingerprint density at radius 3 is 2.50 bits per heavy atom. The minimum Gasteiger partial charge on any atom is -0.330 e. The van der Waals surface area contributed by atoms with Crippen molar-refractivity contribution < 1.29 is 0 Å². The third-order valence-corrected chi connectivity index (χ3v) is 4.41. The van der Waals surface area contributed by atoms with Crippen molar-refractivity contribution in [2.75, 3.05) is 19.6 Å². The molecule has 18 heavy (non-hydrogen) atoms. The van der Waals surface area contributed by atoms with Crippen LogP contribution in [0.25, 0.3) is 0 Å². The molecule has 1 aliphatic rings. The van der Waals surface area contributed by atoms with Crippen LogP contribution in [0.15, 0.2) is 18.2 Å². The maximum atomic E-state index is 5.76. The topological polar surface area (TPSA) is 29.3 Å². The average molecular weight is 246 g/mol. The fourth-order valence-corrected chi connectivity index (χ4v) is 3.07. The van der Waals surface area contributed by atoms with Crippen LogP contribution in [0.2, 0.25) is 0 Å². The molecule has 0 aliphatic carbocycles. The van der Waals surface area contributed by atoms with Crippen LogP contribution in [0.3, 0.4) is 0 Å². The molecule has 1 aliphatic heterocycles. The van der Waals surface area contributed by atoms with Crippen LogP contribution in [0.4, 0.5) is 0 Å². The van der Waals surface area contributed by atoms with Crippen molar-refractivity contribution in [1.29, 1.82) is 0 Å². The fourth-order valence-electron chi connectivity index (χ4n) is 3.07. The first-order chi connectivity index (χ1) is 8.61. The molecule has 0 amide bonds. The fraction of sp³-hybridized carbons (Fsp3) is 0.625. The highest BCUT2D eigenvalue weighted by Crippen LogP contribution is 2.28. The highest BCUT2D eigenvalue weighted by molar-refractivity contribution is 5.32. The van der Waals surface area contributed by atoms with E-state index in [1.807, 2.05) is 0 Å². The van der Waals surface area contributed by atoms with E-state index >= 15 is 0 Å². The van der Waals surface area contributed by atoms with Gasteiger partial charge < -0.3 is 5.73 Å². The van der Waals surface area contributed by atoms with Gasteiger partial charge in [0.1, 0.15) is 0 Å². The van der Waals surface area contributed by atoms with Crippen LogP contribution in [0.5, 0.6) is 0 Å². The summed E-state index contributed by atoms with van der Waals surface area (Å²) in [7, 11) is 0. The molecule has 0 radical (unpaired) electrons. The summed E-state index contributed by atoms with van der Waals surface area (Å²) in [6.07, 6.45) is 2.51. The van der Waals surface area contributed by atoms with Crippen molar-refractivity contribution >= 4 is 0 Å². The molecular formula is C16H26N2. The number of benzene rings is 1. The molecule has 0 saturated carbocycles. The number of nitrogens with two attached hydrogens (primary N) is 1. The summed E-state index contributed by atoms with van der Waals surface area (Å²) in [5.41, 5.74) is 10.0. The van der Waals surface area contributed by atoms with E-state index in [4.69, 9.17) is 5.73 Å². The second-order valence-corrected chi connectivity index (χ2v) is 5.75. The van der Waals surface area contributed by atoms with E-state index in [-0.39, 0.29) is 0 Å². The van der Waals surface area contributed by atoms with Crippen LogP contribution in [0.1, 0.15) is 42.5 Å². The van der Waals surface area contributed by atoms with E-state index in [0.29, 0.717) is 6.04 Å². The molecule has 0 aromatic heterocycles. The summed E-state index contributed by atoms with van der Waals surface area (Å²) in [5.74, 6) is 0.743. The van der Waals surface area contributed by atoms with Crippen molar-refractivity contribution in [3.05, 3.63) is 34.9 Å². The first-order valence-electron chi connectivity index (χ1n) is 7.13. The lowest BCUT2D eigenvalue weighted by Gasteiger charge is -2.36. The largest absolute Gasteiger partial charge is 0.330 e. The van der Waals surface area contributed by atoms with Gasteiger partial charge in [0.2, 0.25) is 0 Å². The molecule has 2 heteroatoms. The SMILES string of the molecule is Cc1ccc(C(C)N2CCC(CN)CC2)c(C)c1. The molecule has 1 saturated heterocycles. The van der Waals surface area contributed by atoms with Gasteiger partial charge in [0, 0.05) is 6.04 Å². The number of rotatable bonds is 3. The number of nitrogens with zero attached hydrogens (tertiary/aromatic N) is 1. The molecule has 1 atom stereocenters. The Morgan fingerprint density at radius 2 is 1.94 bits per heavy atom. The van der Waals surface area contributed by atoms with Gasteiger partial charge >= 0.3 is 0 Å². The summed E-state index contributed by atoms with van der Waals surface area (Å²) >= 11 is 0. The van der Waals surface area contributed by atoms with Gasteiger partial charge in [0.15, 0.2) is 0 Å². The summed E-state index contributed by atoms with van der Waals surface area (Å²) in [6, 6.07) is 7.35. The van der Waals surface area contributed by atoms with E-state index in [0.717, 1.165) is 12.5 Å². The van der Waals surface area contributed by atoms with Crippen LogP contribution in [0, 0.1) is 19.8 Å². The van der Waals surface area contributed by atoms with Gasteiger partial charge in [-0.1, -0.05) is 23.8 Å². The highest BCUT2D eigenvalue weighted by Gasteiger charge is 2.23. The van der Waals surface area contributed by atoms with Crippen molar-refractivity contribution in [3.8, 4) is 0 Å². The molecule has 1 heterocycles. The normalized spacial score (nSPS) is 20.0. The third-order valence-electron chi connectivity index (χ3n) is 4.41.